The van der Waals surface area contributed by atoms with Crippen LogP contribution in [0.2, 0.25) is 0 Å². The molecule has 1 fully saturated rings. The van der Waals surface area contributed by atoms with Crippen LogP contribution >= 0.6 is 0 Å². The quantitative estimate of drug-likeness (QED) is 0.850. The minimum absolute atomic E-state index is 0.0244. The highest BCUT2D eigenvalue weighted by Crippen LogP contribution is 2.30. The summed E-state index contributed by atoms with van der Waals surface area (Å²) in [5, 5.41) is 4.24. The number of hydrogen-bond donors (Lipinski definition) is 2. The molecule has 2 amide bonds. The first kappa shape index (κ1) is 19.1. The lowest BCUT2D eigenvalue weighted by Crippen LogP contribution is -2.60. The number of carbonyl (C=O) groups excluding carboxylic acids is 2. The summed E-state index contributed by atoms with van der Waals surface area (Å²) in [5.74, 6) is -0.427. The number of nitrogens with zero attached hydrogens (tertiary/aromatic N) is 1. The normalized spacial score (nSPS) is 16.1. The molecule has 0 aliphatic heterocycles. The monoisotopic (exact) mass is 369 g/mol. The minimum atomic E-state index is -0.885. The van der Waals surface area contributed by atoms with E-state index in [0.717, 1.165) is 19.3 Å². The molecule has 6 nitrogen and oxygen atoms in total. The number of nitrogens with one attached hydrogen (secondary N) is 2. The molecule has 3 rings (SSSR count). The zero-order valence-electron chi connectivity index (χ0n) is 16.0. The van der Waals surface area contributed by atoms with Crippen LogP contribution in [0, 0.1) is 0 Å². The van der Waals surface area contributed by atoms with Crippen molar-refractivity contribution in [3.05, 3.63) is 46.4 Å². The Balaban J connectivity index is 1.93. The van der Waals surface area contributed by atoms with Crippen LogP contribution in [0.4, 0.5) is 0 Å². The molecule has 2 N–H and O–H groups in total. The lowest BCUT2D eigenvalue weighted by molar-refractivity contribution is -0.139. The molecule has 0 radical (unpaired) electrons. The summed E-state index contributed by atoms with van der Waals surface area (Å²) < 4.78 is 0. The number of hydrogen-bond acceptors (Lipinski definition) is 3. The number of aromatic nitrogens is 1. The van der Waals surface area contributed by atoms with E-state index in [-0.39, 0.29) is 17.2 Å². The molecule has 1 aliphatic carbocycles. The number of likely N-dealkylation sites (N-methyl/N-ethyl adjacent to an activating group) is 1. The number of benzene rings is 1. The Kier molecular flexibility index (Phi) is 5.63. The van der Waals surface area contributed by atoms with Crippen molar-refractivity contribution in [1.82, 2.24) is 15.2 Å². The maximum absolute atomic E-state index is 13.2. The highest BCUT2D eigenvalue weighted by molar-refractivity contribution is 6.00. The molecule has 144 valence electrons. The lowest BCUT2D eigenvalue weighted by Gasteiger charge is -2.40. The maximum Gasteiger partial charge on any atom is 0.268 e. The largest absolute Gasteiger partial charge is 0.341 e. The van der Waals surface area contributed by atoms with Crippen molar-refractivity contribution in [3.63, 3.8) is 0 Å². The Morgan fingerprint density at radius 1 is 1.11 bits per heavy atom. The van der Waals surface area contributed by atoms with Crippen molar-refractivity contribution >= 4 is 22.6 Å². The van der Waals surface area contributed by atoms with E-state index in [1.807, 2.05) is 19.9 Å². The van der Waals surface area contributed by atoms with E-state index in [1.165, 1.54) is 0 Å². The van der Waals surface area contributed by atoms with Gasteiger partial charge in [0.25, 0.3) is 11.5 Å². The van der Waals surface area contributed by atoms with E-state index in [9.17, 15) is 14.4 Å². The van der Waals surface area contributed by atoms with Crippen LogP contribution in [0.15, 0.2) is 35.1 Å². The predicted molar refractivity (Wildman–Crippen MR) is 106 cm³/mol. The SMILES string of the molecule is CCN(CC)C(=O)C1(NC(=O)c2cc3ccccc3c(=O)[nH]2)CCCCC1. The molecule has 1 aromatic heterocycles. The zero-order valence-corrected chi connectivity index (χ0v) is 16.0. The molecule has 1 saturated carbocycles. The molecule has 0 saturated heterocycles. The van der Waals surface area contributed by atoms with Gasteiger partial charge in [0.05, 0.1) is 0 Å². The van der Waals surface area contributed by atoms with Crippen molar-refractivity contribution in [1.29, 1.82) is 0 Å². The van der Waals surface area contributed by atoms with Gasteiger partial charge in [0.2, 0.25) is 5.91 Å². The van der Waals surface area contributed by atoms with Crippen molar-refractivity contribution in [3.8, 4) is 0 Å². The third-order valence-corrected chi connectivity index (χ3v) is 5.52. The van der Waals surface area contributed by atoms with Crippen LogP contribution in [-0.2, 0) is 4.79 Å². The second kappa shape index (κ2) is 7.94. The van der Waals surface area contributed by atoms with Gasteiger partial charge in [-0.15, -0.1) is 0 Å². The molecular weight excluding hydrogens is 342 g/mol. The second-order valence-electron chi connectivity index (χ2n) is 7.17. The van der Waals surface area contributed by atoms with Crippen molar-refractivity contribution in [2.75, 3.05) is 13.1 Å². The molecule has 1 heterocycles. The Morgan fingerprint density at radius 3 is 2.44 bits per heavy atom. The van der Waals surface area contributed by atoms with Crippen LogP contribution in [0.25, 0.3) is 10.8 Å². The van der Waals surface area contributed by atoms with Gasteiger partial charge in [-0.25, -0.2) is 0 Å². The topological polar surface area (TPSA) is 82.3 Å². The van der Waals surface area contributed by atoms with E-state index in [1.54, 1.807) is 29.2 Å². The lowest BCUT2D eigenvalue weighted by atomic mass is 9.80. The van der Waals surface area contributed by atoms with E-state index in [4.69, 9.17) is 0 Å². The summed E-state index contributed by atoms with van der Waals surface area (Å²) in [4.78, 5) is 42.9. The highest BCUT2D eigenvalue weighted by Gasteiger charge is 2.43. The van der Waals surface area contributed by atoms with Crippen LogP contribution < -0.4 is 10.9 Å². The molecule has 0 spiro atoms. The predicted octanol–water partition coefficient (Wildman–Crippen LogP) is 2.83. The van der Waals surface area contributed by atoms with Crippen molar-refractivity contribution < 1.29 is 9.59 Å². The van der Waals surface area contributed by atoms with Gasteiger partial charge in [-0.05, 0) is 44.2 Å². The van der Waals surface area contributed by atoms with Gasteiger partial charge >= 0.3 is 0 Å². The van der Waals surface area contributed by atoms with Crippen LogP contribution in [-0.4, -0.2) is 40.3 Å². The number of fused-ring (bicyclic) bond motifs is 1. The fraction of sp³-hybridized carbons (Fsp3) is 0.476. The van der Waals surface area contributed by atoms with Gasteiger partial charge in [0.15, 0.2) is 0 Å². The van der Waals surface area contributed by atoms with E-state index < -0.39 is 11.4 Å². The number of amides is 2. The van der Waals surface area contributed by atoms with E-state index in [2.05, 4.69) is 10.3 Å². The first-order chi connectivity index (χ1) is 13.0. The number of H-pyrrole nitrogens is 1. The molecule has 27 heavy (non-hydrogen) atoms. The minimum Gasteiger partial charge on any atom is -0.341 e. The number of carbonyl (C=O) groups is 2. The van der Waals surface area contributed by atoms with E-state index >= 15 is 0 Å². The summed E-state index contributed by atoms with van der Waals surface area (Å²) in [7, 11) is 0. The summed E-state index contributed by atoms with van der Waals surface area (Å²) in [6, 6.07) is 8.82. The highest BCUT2D eigenvalue weighted by atomic mass is 16.2. The van der Waals surface area contributed by atoms with Crippen molar-refractivity contribution in [2.45, 2.75) is 51.5 Å². The molecule has 6 heteroatoms. The Labute approximate surface area is 159 Å². The van der Waals surface area contributed by atoms with Crippen LogP contribution in [0.5, 0.6) is 0 Å². The summed E-state index contributed by atoms with van der Waals surface area (Å²) >= 11 is 0. The standard InChI is InChI=1S/C21H27N3O3/c1-3-24(4-2)20(27)21(12-8-5-9-13-21)23-19(26)17-14-15-10-6-7-11-16(15)18(25)22-17/h6-7,10-11,14H,3-5,8-9,12-13H2,1-2H3,(H,22,25)(H,23,26). The van der Waals surface area contributed by atoms with Crippen molar-refractivity contribution in [2.24, 2.45) is 0 Å². The number of aromatic amines is 1. The Morgan fingerprint density at radius 2 is 1.78 bits per heavy atom. The van der Waals surface area contributed by atoms with Gasteiger partial charge in [0, 0.05) is 18.5 Å². The summed E-state index contributed by atoms with van der Waals surface area (Å²) in [6.45, 7) is 5.11. The number of pyridine rings is 1. The smallest absolute Gasteiger partial charge is 0.268 e. The van der Waals surface area contributed by atoms with Gasteiger partial charge < -0.3 is 15.2 Å². The number of rotatable bonds is 5. The Hall–Kier alpha value is -2.63. The molecule has 1 aromatic carbocycles. The third kappa shape index (κ3) is 3.75. The van der Waals surface area contributed by atoms with Crippen LogP contribution in [0.1, 0.15) is 56.4 Å². The third-order valence-electron chi connectivity index (χ3n) is 5.52. The molecule has 0 bridgehead atoms. The fourth-order valence-electron chi connectivity index (χ4n) is 3.98. The molecule has 0 unspecified atom stereocenters. The van der Waals surface area contributed by atoms with Crippen LogP contribution in [0.3, 0.4) is 0 Å². The van der Waals surface area contributed by atoms with Gasteiger partial charge in [-0.2, -0.15) is 0 Å². The first-order valence-electron chi connectivity index (χ1n) is 9.74. The second-order valence-corrected chi connectivity index (χ2v) is 7.17. The maximum atomic E-state index is 13.2. The zero-order chi connectivity index (χ0) is 19.4. The van der Waals surface area contributed by atoms with E-state index in [0.29, 0.717) is 36.7 Å². The van der Waals surface area contributed by atoms with Gasteiger partial charge in [-0.1, -0.05) is 37.5 Å². The summed E-state index contributed by atoms with van der Waals surface area (Å²) in [6.07, 6.45) is 4.14. The average Bonchev–Trinajstić information content (AvgIpc) is 2.69. The first-order valence-corrected chi connectivity index (χ1v) is 9.74. The average molecular weight is 369 g/mol. The molecular formula is C21H27N3O3. The summed E-state index contributed by atoms with van der Waals surface area (Å²) in [5.41, 5.74) is -0.994. The molecule has 0 atom stereocenters. The van der Waals surface area contributed by atoms with Gasteiger partial charge in [0.1, 0.15) is 11.2 Å². The van der Waals surface area contributed by atoms with Gasteiger partial charge in [-0.3, -0.25) is 14.4 Å². The Bertz CT molecular complexity index is 893. The molecule has 1 aliphatic rings. The fourth-order valence-corrected chi connectivity index (χ4v) is 3.98. The molecule has 2 aromatic rings.